The number of hydrogen-bond acceptors (Lipinski definition) is 6. The van der Waals surface area contributed by atoms with E-state index in [9.17, 15) is 9.59 Å². The fourth-order valence-electron chi connectivity index (χ4n) is 3.76. The molecule has 0 saturated carbocycles. The molecule has 2 aliphatic rings. The van der Waals surface area contributed by atoms with Crippen molar-refractivity contribution in [2.45, 2.75) is 6.92 Å². The number of aryl methyl sites for hydroxylation is 1. The molecule has 0 N–H and O–H groups in total. The van der Waals surface area contributed by atoms with Gasteiger partial charge in [-0.25, -0.2) is 0 Å². The molecule has 2 saturated heterocycles. The summed E-state index contributed by atoms with van der Waals surface area (Å²) in [6.45, 7) is 9.85. The second-order valence-electron chi connectivity index (χ2n) is 7.86. The van der Waals surface area contributed by atoms with E-state index < -0.39 is 0 Å². The molecule has 0 spiro atoms. The van der Waals surface area contributed by atoms with Crippen molar-refractivity contribution >= 4 is 34.7 Å². The molecule has 7 heteroatoms. The fraction of sp³-hybridized carbons (Fsp3) is 0.280. The summed E-state index contributed by atoms with van der Waals surface area (Å²) in [6, 6.07) is 15.9. The van der Waals surface area contributed by atoms with Gasteiger partial charge in [0.25, 0.3) is 11.1 Å². The van der Waals surface area contributed by atoms with Crippen LogP contribution in [0.5, 0.6) is 5.75 Å². The number of carbonyl (C=O) groups excluding carboxylic acids is 2. The first kappa shape index (κ1) is 22.2. The van der Waals surface area contributed by atoms with Crippen molar-refractivity contribution in [3.63, 3.8) is 0 Å². The summed E-state index contributed by atoms with van der Waals surface area (Å²) in [5.74, 6) is 0.507. The van der Waals surface area contributed by atoms with Crippen molar-refractivity contribution in [2.75, 3.05) is 44.4 Å². The highest BCUT2D eigenvalue weighted by atomic mass is 32.2. The van der Waals surface area contributed by atoms with Gasteiger partial charge in [-0.2, -0.15) is 0 Å². The molecule has 0 aromatic heterocycles. The third-order valence-corrected chi connectivity index (χ3v) is 6.41. The minimum absolute atomic E-state index is 0.215. The number of ether oxygens (including phenoxy) is 1. The Kier molecular flexibility index (Phi) is 6.97. The lowest BCUT2D eigenvalue weighted by Gasteiger charge is -2.37. The monoisotopic (exact) mass is 449 g/mol. The largest absolute Gasteiger partial charge is 0.490 e. The Morgan fingerprint density at radius 3 is 2.50 bits per heavy atom. The van der Waals surface area contributed by atoms with E-state index >= 15 is 0 Å². The Hall–Kier alpha value is -3.03. The molecule has 0 aliphatic carbocycles. The number of thioether (sulfide) groups is 1. The maximum absolute atomic E-state index is 12.9. The maximum atomic E-state index is 12.9. The van der Waals surface area contributed by atoms with Crippen LogP contribution < -0.4 is 9.64 Å². The van der Waals surface area contributed by atoms with E-state index in [1.807, 2.05) is 24.3 Å². The van der Waals surface area contributed by atoms with Crippen molar-refractivity contribution in [1.29, 1.82) is 0 Å². The Labute approximate surface area is 193 Å². The number of amides is 2. The van der Waals surface area contributed by atoms with Crippen molar-refractivity contribution in [2.24, 2.45) is 0 Å². The van der Waals surface area contributed by atoms with Crippen LogP contribution in [0.1, 0.15) is 11.1 Å². The van der Waals surface area contributed by atoms with Gasteiger partial charge in [0, 0.05) is 31.9 Å². The van der Waals surface area contributed by atoms with Crippen molar-refractivity contribution < 1.29 is 14.3 Å². The standard InChI is InChI=1S/C25H27N3O3S/c1-3-15-31-22-9-7-20(8-10-22)17-23-24(29)28(25(30)32-23)18-26-11-13-27(14-12-26)21-6-4-5-19(2)16-21/h3-10,16-17H,1,11-15,18H2,2H3. The van der Waals surface area contributed by atoms with Gasteiger partial charge in [-0.3, -0.25) is 19.4 Å². The third kappa shape index (κ3) is 5.23. The van der Waals surface area contributed by atoms with Crippen LogP contribution in [0, 0.1) is 6.92 Å². The molecule has 2 amide bonds. The maximum Gasteiger partial charge on any atom is 0.294 e. The molecule has 2 aliphatic heterocycles. The average Bonchev–Trinajstić information content (AvgIpc) is 3.06. The minimum atomic E-state index is -0.229. The van der Waals surface area contributed by atoms with Gasteiger partial charge in [0.05, 0.1) is 11.6 Å². The van der Waals surface area contributed by atoms with E-state index in [1.165, 1.54) is 16.2 Å². The van der Waals surface area contributed by atoms with Crippen LogP contribution >= 0.6 is 11.8 Å². The smallest absolute Gasteiger partial charge is 0.294 e. The number of rotatable bonds is 7. The number of anilines is 1. The first-order valence-corrected chi connectivity index (χ1v) is 11.5. The number of benzene rings is 2. The van der Waals surface area contributed by atoms with Crippen LogP contribution in [0.4, 0.5) is 10.5 Å². The summed E-state index contributed by atoms with van der Waals surface area (Å²) in [5.41, 5.74) is 3.32. The van der Waals surface area contributed by atoms with Gasteiger partial charge < -0.3 is 9.64 Å². The molecule has 0 bridgehead atoms. The highest BCUT2D eigenvalue weighted by Crippen LogP contribution is 2.32. The molecule has 6 nitrogen and oxygen atoms in total. The molecule has 2 fully saturated rings. The second kappa shape index (κ2) is 10.1. The molecule has 0 atom stereocenters. The van der Waals surface area contributed by atoms with Gasteiger partial charge in [-0.1, -0.05) is 36.9 Å². The summed E-state index contributed by atoms with van der Waals surface area (Å²) in [5, 5.41) is -0.215. The summed E-state index contributed by atoms with van der Waals surface area (Å²) < 4.78 is 5.48. The predicted molar refractivity (Wildman–Crippen MR) is 130 cm³/mol. The first-order valence-electron chi connectivity index (χ1n) is 10.7. The van der Waals surface area contributed by atoms with Gasteiger partial charge in [-0.05, 0) is 60.2 Å². The third-order valence-electron chi connectivity index (χ3n) is 5.50. The molecule has 166 valence electrons. The second-order valence-corrected chi connectivity index (χ2v) is 8.86. The molecule has 2 aromatic rings. The minimum Gasteiger partial charge on any atom is -0.490 e. The highest BCUT2D eigenvalue weighted by molar-refractivity contribution is 8.18. The zero-order valence-corrected chi connectivity index (χ0v) is 19.0. The van der Waals surface area contributed by atoms with Crippen LogP contribution in [-0.2, 0) is 4.79 Å². The average molecular weight is 450 g/mol. The zero-order valence-electron chi connectivity index (χ0n) is 18.2. The van der Waals surface area contributed by atoms with Crippen LogP contribution in [-0.4, -0.2) is 60.4 Å². The number of nitrogens with zero attached hydrogens (tertiary/aromatic N) is 3. The van der Waals surface area contributed by atoms with Crippen LogP contribution in [0.2, 0.25) is 0 Å². The summed E-state index contributed by atoms with van der Waals surface area (Å²) >= 11 is 0.999. The lowest BCUT2D eigenvalue weighted by molar-refractivity contribution is -0.124. The van der Waals surface area contributed by atoms with Gasteiger partial charge in [0.15, 0.2) is 0 Å². The van der Waals surface area contributed by atoms with Crippen molar-refractivity contribution in [3.05, 3.63) is 77.2 Å². The molecule has 32 heavy (non-hydrogen) atoms. The summed E-state index contributed by atoms with van der Waals surface area (Å²) in [6.07, 6.45) is 3.45. The van der Waals surface area contributed by atoms with Crippen LogP contribution in [0.15, 0.2) is 66.1 Å². The summed E-state index contributed by atoms with van der Waals surface area (Å²) in [7, 11) is 0. The topological polar surface area (TPSA) is 53.1 Å². The molecule has 2 heterocycles. The first-order chi connectivity index (χ1) is 15.5. The predicted octanol–water partition coefficient (Wildman–Crippen LogP) is 4.38. The van der Waals surface area contributed by atoms with Crippen LogP contribution in [0.3, 0.4) is 0 Å². The van der Waals surface area contributed by atoms with Gasteiger partial charge in [-0.15, -0.1) is 0 Å². The van der Waals surface area contributed by atoms with Gasteiger partial charge in [0.2, 0.25) is 0 Å². The van der Waals surface area contributed by atoms with E-state index in [4.69, 9.17) is 4.74 Å². The zero-order chi connectivity index (χ0) is 22.5. The molecular weight excluding hydrogens is 422 g/mol. The molecule has 2 aromatic carbocycles. The van der Waals surface area contributed by atoms with E-state index in [0.717, 1.165) is 49.3 Å². The fourth-order valence-corrected chi connectivity index (χ4v) is 4.59. The normalized spacial score (nSPS) is 18.5. The van der Waals surface area contributed by atoms with E-state index in [0.29, 0.717) is 18.2 Å². The molecule has 4 rings (SSSR count). The van der Waals surface area contributed by atoms with Gasteiger partial charge >= 0.3 is 0 Å². The van der Waals surface area contributed by atoms with E-state index in [-0.39, 0.29) is 11.1 Å². The molecular formula is C25H27N3O3S. The van der Waals surface area contributed by atoms with E-state index in [2.05, 4.69) is 47.6 Å². The van der Waals surface area contributed by atoms with Crippen LogP contribution in [0.25, 0.3) is 6.08 Å². The lowest BCUT2D eigenvalue weighted by Crippen LogP contribution is -2.50. The SMILES string of the molecule is C=CCOc1ccc(C=C2SC(=O)N(CN3CCN(c4cccc(C)c4)CC3)C2=O)cc1. The highest BCUT2D eigenvalue weighted by Gasteiger charge is 2.36. The number of piperazine rings is 1. The summed E-state index contributed by atoms with van der Waals surface area (Å²) in [4.78, 5) is 31.7. The Morgan fingerprint density at radius 2 is 1.81 bits per heavy atom. The number of carbonyl (C=O) groups is 2. The Bertz CT molecular complexity index is 1030. The van der Waals surface area contributed by atoms with Crippen molar-refractivity contribution in [1.82, 2.24) is 9.80 Å². The molecule has 0 unspecified atom stereocenters. The van der Waals surface area contributed by atoms with Gasteiger partial charge in [0.1, 0.15) is 12.4 Å². The molecule has 0 radical (unpaired) electrons. The Balaban J connectivity index is 1.34. The van der Waals surface area contributed by atoms with E-state index in [1.54, 1.807) is 12.2 Å². The quantitative estimate of drug-likeness (QED) is 0.462. The lowest BCUT2D eigenvalue weighted by atomic mass is 10.2. The number of imide groups is 1. The number of hydrogen-bond donors (Lipinski definition) is 0. The van der Waals surface area contributed by atoms with Crippen molar-refractivity contribution in [3.8, 4) is 5.75 Å². The Morgan fingerprint density at radius 1 is 1.06 bits per heavy atom.